The van der Waals surface area contributed by atoms with Crippen molar-refractivity contribution < 1.29 is 14.4 Å². The SMILES string of the molecule is CNC(=O)NCCNCC(=O)NCCCC[C@@H](C=O)NC(C)C. The number of hydrogen-bond acceptors (Lipinski definition) is 5. The predicted octanol–water partition coefficient (Wildman–Crippen LogP) is -0.643. The number of nitrogens with one attached hydrogen (secondary N) is 5. The van der Waals surface area contributed by atoms with Crippen molar-refractivity contribution in [2.45, 2.75) is 45.2 Å². The van der Waals surface area contributed by atoms with Crippen LogP contribution in [0.2, 0.25) is 0 Å². The van der Waals surface area contributed by atoms with Gasteiger partial charge in [-0.05, 0) is 19.3 Å². The first-order valence-corrected chi connectivity index (χ1v) is 8.14. The van der Waals surface area contributed by atoms with E-state index in [1.54, 1.807) is 7.05 Å². The van der Waals surface area contributed by atoms with Gasteiger partial charge in [0.15, 0.2) is 0 Å². The predicted molar refractivity (Wildman–Crippen MR) is 90.3 cm³/mol. The van der Waals surface area contributed by atoms with Crippen LogP contribution in [0.1, 0.15) is 33.1 Å². The molecule has 0 aromatic rings. The molecule has 0 unspecified atom stereocenters. The Morgan fingerprint density at radius 3 is 2.39 bits per heavy atom. The van der Waals surface area contributed by atoms with E-state index in [0.29, 0.717) is 19.6 Å². The van der Waals surface area contributed by atoms with Gasteiger partial charge in [0.1, 0.15) is 6.29 Å². The third kappa shape index (κ3) is 13.7. The Labute approximate surface area is 138 Å². The summed E-state index contributed by atoms with van der Waals surface area (Å²) in [5.41, 5.74) is 0. The van der Waals surface area contributed by atoms with Crippen molar-refractivity contribution in [3.05, 3.63) is 0 Å². The average Bonchev–Trinajstić information content (AvgIpc) is 2.52. The Balaban J connectivity index is 3.49. The molecule has 5 N–H and O–H groups in total. The van der Waals surface area contributed by atoms with Gasteiger partial charge in [0, 0.05) is 32.7 Å². The maximum atomic E-state index is 11.6. The fourth-order valence-electron chi connectivity index (χ4n) is 1.95. The summed E-state index contributed by atoms with van der Waals surface area (Å²) in [6, 6.07) is -0.0640. The Kier molecular flexibility index (Phi) is 12.9. The minimum atomic E-state index is -0.239. The third-order valence-electron chi connectivity index (χ3n) is 3.08. The molecule has 0 radical (unpaired) electrons. The van der Waals surface area contributed by atoms with Gasteiger partial charge in [0.2, 0.25) is 5.91 Å². The molecule has 0 fully saturated rings. The molecule has 0 aliphatic rings. The normalized spacial score (nSPS) is 11.8. The van der Waals surface area contributed by atoms with E-state index in [1.807, 2.05) is 13.8 Å². The van der Waals surface area contributed by atoms with E-state index in [-0.39, 0.29) is 30.6 Å². The molecular weight excluding hydrogens is 298 g/mol. The van der Waals surface area contributed by atoms with Gasteiger partial charge in [-0.3, -0.25) is 4.79 Å². The molecule has 0 aromatic carbocycles. The van der Waals surface area contributed by atoms with Gasteiger partial charge < -0.3 is 31.4 Å². The van der Waals surface area contributed by atoms with Crippen LogP contribution in [0.4, 0.5) is 4.79 Å². The van der Waals surface area contributed by atoms with E-state index in [9.17, 15) is 14.4 Å². The van der Waals surface area contributed by atoms with Crippen molar-refractivity contribution in [3.63, 3.8) is 0 Å². The summed E-state index contributed by atoms with van der Waals surface area (Å²) >= 11 is 0. The molecule has 0 aliphatic heterocycles. The highest BCUT2D eigenvalue weighted by molar-refractivity contribution is 5.78. The van der Waals surface area contributed by atoms with Crippen LogP contribution in [0, 0.1) is 0 Å². The lowest BCUT2D eigenvalue weighted by Crippen LogP contribution is -2.40. The molecule has 0 heterocycles. The molecule has 0 spiro atoms. The number of hydrogen-bond donors (Lipinski definition) is 5. The van der Waals surface area contributed by atoms with Gasteiger partial charge in [-0.2, -0.15) is 0 Å². The second kappa shape index (κ2) is 14.0. The molecular formula is C15H31N5O3. The van der Waals surface area contributed by atoms with Crippen LogP contribution in [0.15, 0.2) is 0 Å². The highest BCUT2D eigenvalue weighted by Gasteiger charge is 2.07. The van der Waals surface area contributed by atoms with E-state index in [0.717, 1.165) is 25.5 Å². The number of carbonyl (C=O) groups is 3. The van der Waals surface area contributed by atoms with E-state index in [1.165, 1.54) is 0 Å². The minimum absolute atomic E-state index is 0.0721. The molecule has 0 saturated carbocycles. The molecule has 1 atom stereocenters. The summed E-state index contributed by atoms with van der Waals surface area (Å²) in [5, 5.41) is 14.0. The molecule has 0 bridgehead atoms. The van der Waals surface area contributed by atoms with Gasteiger partial charge in [0.25, 0.3) is 0 Å². The summed E-state index contributed by atoms with van der Waals surface area (Å²) < 4.78 is 0. The maximum Gasteiger partial charge on any atom is 0.314 e. The zero-order valence-corrected chi connectivity index (χ0v) is 14.4. The van der Waals surface area contributed by atoms with Crippen molar-refractivity contribution in [1.82, 2.24) is 26.6 Å². The molecule has 3 amide bonds. The van der Waals surface area contributed by atoms with E-state index in [2.05, 4.69) is 26.6 Å². The Morgan fingerprint density at radius 2 is 1.78 bits per heavy atom. The average molecular weight is 329 g/mol. The number of amides is 3. The van der Waals surface area contributed by atoms with E-state index >= 15 is 0 Å². The largest absolute Gasteiger partial charge is 0.355 e. The lowest BCUT2D eigenvalue weighted by Gasteiger charge is -2.15. The molecule has 0 aliphatic carbocycles. The maximum absolute atomic E-state index is 11.6. The zero-order valence-electron chi connectivity index (χ0n) is 14.4. The van der Waals surface area contributed by atoms with Crippen LogP contribution in [-0.4, -0.2) is 63.5 Å². The van der Waals surface area contributed by atoms with Crippen LogP contribution in [0.5, 0.6) is 0 Å². The van der Waals surface area contributed by atoms with Crippen LogP contribution < -0.4 is 26.6 Å². The topological polar surface area (TPSA) is 111 Å². The Bertz CT molecular complexity index is 350. The van der Waals surface area contributed by atoms with Crippen molar-refractivity contribution in [2.24, 2.45) is 0 Å². The van der Waals surface area contributed by atoms with Gasteiger partial charge >= 0.3 is 6.03 Å². The van der Waals surface area contributed by atoms with Crippen LogP contribution in [0.25, 0.3) is 0 Å². The summed E-state index contributed by atoms with van der Waals surface area (Å²) in [5.74, 6) is -0.0721. The molecule has 8 heteroatoms. The summed E-state index contributed by atoms with van der Waals surface area (Å²) in [6.45, 7) is 5.83. The number of urea groups is 1. The van der Waals surface area contributed by atoms with Gasteiger partial charge in [-0.15, -0.1) is 0 Å². The first-order chi connectivity index (χ1) is 11.0. The molecule has 23 heavy (non-hydrogen) atoms. The Morgan fingerprint density at radius 1 is 1.04 bits per heavy atom. The number of aldehydes is 1. The molecule has 0 saturated heterocycles. The first kappa shape index (κ1) is 21.3. The molecule has 8 nitrogen and oxygen atoms in total. The number of unbranched alkanes of at least 4 members (excludes halogenated alkanes) is 1. The van der Waals surface area contributed by atoms with Gasteiger partial charge in [-0.1, -0.05) is 13.8 Å². The van der Waals surface area contributed by atoms with E-state index in [4.69, 9.17) is 0 Å². The van der Waals surface area contributed by atoms with Crippen molar-refractivity contribution >= 4 is 18.2 Å². The number of rotatable bonds is 13. The summed E-state index contributed by atoms with van der Waals surface area (Å²) in [7, 11) is 1.55. The highest BCUT2D eigenvalue weighted by atomic mass is 16.2. The first-order valence-electron chi connectivity index (χ1n) is 8.14. The Hall–Kier alpha value is -1.67. The van der Waals surface area contributed by atoms with Crippen LogP contribution in [-0.2, 0) is 9.59 Å². The molecule has 0 rings (SSSR count). The summed E-state index contributed by atoms with van der Waals surface area (Å²) in [6.07, 6.45) is 3.44. The smallest absolute Gasteiger partial charge is 0.314 e. The van der Waals surface area contributed by atoms with Gasteiger partial charge in [-0.25, -0.2) is 4.79 Å². The third-order valence-corrected chi connectivity index (χ3v) is 3.08. The second-order valence-electron chi connectivity index (χ2n) is 5.59. The number of carbonyl (C=O) groups excluding carboxylic acids is 3. The lowest BCUT2D eigenvalue weighted by molar-refractivity contribution is -0.120. The van der Waals surface area contributed by atoms with Crippen molar-refractivity contribution in [2.75, 3.05) is 33.2 Å². The van der Waals surface area contributed by atoms with Crippen LogP contribution >= 0.6 is 0 Å². The van der Waals surface area contributed by atoms with Crippen molar-refractivity contribution in [3.8, 4) is 0 Å². The van der Waals surface area contributed by atoms with Crippen molar-refractivity contribution in [1.29, 1.82) is 0 Å². The standard InChI is InChI=1S/C15H31N5O3/c1-12(2)20-13(11-21)6-4-5-7-18-14(22)10-17-8-9-19-15(23)16-3/h11-13,17,20H,4-10H2,1-3H3,(H,18,22)(H2,16,19,23)/t13-/m0/s1. The van der Waals surface area contributed by atoms with E-state index < -0.39 is 0 Å². The van der Waals surface area contributed by atoms with Gasteiger partial charge in [0.05, 0.1) is 12.6 Å². The fourth-order valence-corrected chi connectivity index (χ4v) is 1.95. The monoisotopic (exact) mass is 329 g/mol. The quantitative estimate of drug-likeness (QED) is 0.228. The fraction of sp³-hybridized carbons (Fsp3) is 0.800. The zero-order chi connectivity index (χ0) is 17.5. The molecule has 134 valence electrons. The highest BCUT2D eigenvalue weighted by Crippen LogP contribution is 1.99. The summed E-state index contributed by atoms with van der Waals surface area (Å²) in [4.78, 5) is 33.3. The van der Waals surface area contributed by atoms with Crippen LogP contribution in [0.3, 0.4) is 0 Å². The molecule has 0 aromatic heterocycles. The minimum Gasteiger partial charge on any atom is -0.355 e. The lowest BCUT2D eigenvalue weighted by atomic mass is 10.1. The second-order valence-corrected chi connectivity index (χ2v) is 5.59.